The summed E-state index contributed by atoms with van der Waals surface area (Å²) in [5, 5.41) is 17.3. The van der Waals surface area contributed by atoms with Gasteiger partial charge < -0.3 is 31.8 Å². The summed E-state index contributed by atoms with van der Waals surface area (Å²) in [4.78, 5) is 0. The number of aromatic nitrogens is 3. The van der Waals surface area contributed by atoms with Crippen LogP contribution < -0.4 is 20.7 Å². The lowest BCUT2D eigenvalue weighted by molar-refractivity contribution is 0.434. The van der Waals surface area contributed by atoms with Gasteiger partial charge in [-0.25, -0.2) is 0 Å². The Morgan fingerprint density at radius 3 is 1.16 bits per heavy atom. The van der Waals surface area contributed by atoms with E-state index in [4.69, 9.17) is 13.6 Å². The number of ether oxygens (including phenoxy) is 1. The quantitative estimate of drug-likeness (QED) is 0.165. The van der Waals surface area contributed by atoms with E-state index in [9.17, 15) is 0 Å². The highest BCUT2D eigenvalue weighted by atomic mass is 32.1. The van der Waals surface area contributed by atoms with Gasteiger partial charge in [-0.05, 0) is 168 Å². The number of benzene rings is 22. The number of rotatable bonds is 4. The van der Waals surface area contributed by atoms with Gasteiger partial charge in [-0.3, -0.25) is 0 Å². The van der Waals surface area contributed by atoms with E-state index in [2.05, 4.69) is 464 Å². The number of hydrogen-bond donors (Lipinski definition) is 0. The van der Waals surface area contributed by atoms with Crippen LogP contribution in [0, 0.1) is 0 Å². The number of nitrogens with zero attached hydrogens (tertiary/aromatic N) is 3. The van der Waals surface area contributed by atoms with Gasteiger partial charge in [0, 0.05) is 118 Å². The van der Waals surface area contributed by atoms with Crippen molar-refractivity contribution in [2.24, 2.45) is 0 Å². The molecule has 22 aromatic carbocycles. The number of para-hydroxylation sites is 14. The predicted octanol–water partition coefficient (Wildman–Crippen LogP) is 34.3. The van der Waals surface area contributed by atoms with Crippen LogP contribution in [0.3, 0.4) is 0 Å². The van der Waals surface area contributed by atoms with Crippen molar-refractivity contribution in [2.75, 3.05) is 0 Å². The highest BCUT2D eigenvalue weighted by Crippen LogP contribution is 2.67. The Bertz CT molecular complexity index is 10700. The van der Waals surface area contributed by atoms with Crippen LogP contribution in [0.1, 0.15) is 91.7 Å². The van der Waals surface area contributed by atoms with Crippen molar-refractivity contribution in [1.82, 2.24) is 13.7 Å². The smallest absolute Gasteiger partial charge is 0.171 e. The van der Waals surface area contributed by atoms with Crippen molar-refractivity contribution >= 4 is 164 Å². The van der Waals surface area contributed by atoms with Gasteiger partial charge in [0.05, 0.1) is 66.4 Å². The zero-order valence-corrected chi connectivity index (χ0v) is 81.7. The molecule has 3 spiro atoms. The minimum Gasteiger partial charge on any atom is -0.457 e. The average molecular weight is 1910 g/mol. The summed E-state index contributed by atoms with van der Waals surface area (Å²) in [6, 6.07) is 176. The van der Waals surface area contributed by atoms with Crippen LogP contribution in [0.2, 0.25) is 0 Å². The van der Waals surface area contributed by atoms with Gasteiger partial charge in [-0.1, -0.05) is 420 Å². The third-order valence-corrected chi connectivity index (χ3v) is 38.0. The largest absolute Gasteiger partial charge is 0.457 e. The first-order valence-electron chi connectivity index (χ1n) is 50.8. The lowest BCUT2D eigenvalue weighted by Crippen LogP contribution is -2.48. The van der Waals surface area contributed by atoms with E-state index in [1.807, 2.05) is 59.9 Å². The van der Waals surface area contributed by atoms with Crippen molar-refractivity contribution in [3.63, 3.8) is 0 Å². The van der Waals surface area contributed by atoms with Gasteiger partial charge in [0.2, 0.25) is 0 Å². The summed E-state index contributed by atoms with van der Waals surface area (Å²) in [7, 11) is -3.41. The van der Waals surface area contributed by atoms with E-state index in [1.165, 1.54) is 180 Å². The molecule has 0 N–H and O–H groups in total. The Hall–Kier alpha value is -17.9. The predicted molar refractivity (Wildman–Crippen MR) is 607 cm³/mol. The molecule has 0 fully saturated rings. The van der Waals surface area contributed by atoms with Gasteiger partial charge in [0.15, 0.2) is 7.14 Å². The molecule has 688 valence electrons. The van der Waals surface area contributed by atoms with Gasteiger partial charge in [-0.2, -0.15) is 0 Å². The summed E-state index contributed by atoms with van der Waals surface area (Å²) in [6.45, 7) is 4.80. The monoisotopic (exact) mass is 1910 g/mol. The molecule has 11 heterocycles. The number of hydrogen-bond acceptors (Lipinski definition) is 5. The molecule has 34 rings (SSSR count). The van der Waals surface area contributed by atoms with Gasteiger partial charge in [-0.15, -0.1) is 11.3 Å². The summed E-state index contributed by atoms with van der Waals surface area (Å²) in [5.74, 6) is 1.81. The van der Waals surface area contributed by atoms with Crippen LogP contribution in [-0.4, -0.2) is 13.7 Å². The van der Waals surface area contributed by atoms with E-state index < -0.39 is 23.4 Å². The molecule has 6 aliphatic rings. The van der Waals surface area contributed by atoms with Crippen molar-refractivity contribution in [3.05, 3.63) is 563 Å². The van der Waals surface area contributed by atoms with Crippen LogP contribution in [-0.2, 0) is 26.2 Å². The minimum atomic E-state index is -3.41. The maximum atomic E-state index is 16.6. The fraction of sp³-hybridized carbons (Fsp3) is 0.0435. The molecule has 5 aliphatic heterocycles. The molecule has 0 bridgehead atoms. The van der Waals surface area contributed by atoms with Crippen molar-refractivity contribution in [3.8, 4) is 61.9 Å². The first kappa shape index (κ1) is 82.6. The SMILES string of the molecule is CC1(C)c2ccccc2C2(c3ccccc3-n3c4ccccc4c4cccc2c43)c2ccc(-c3cccc4c3oc3ccccc34)cc21.O=P1(c2ccccc2)c2ccccc2C2(c3ccccc3-n3c4ccccc4c4cccc2c43)c2ccc(-c3cccc4c3oc3ccccc34)cc21.c1ccc2c(c1)Oc1cc(-c3cccc4c3sc3ccccc34)ccc1C21c2ccccc2-n2c3ccccc3c3cccc1c32. The fourth-order valence-electron chi connectivity index (χ4n) is 27.7. The summed E-state index contributed by atoms with van der Waals surface area (Å²) in [6.07, 6.45) is 0. The molecule has 0 radical (unpaired) electrons. The Labute approximate surface area is 850 Å². The lowest BCUT2D eigenvalue weighted by Gasteiger charge is -2.50. The van der Waals surface area contributed by atoms with E-state index >= 15 is 4.57 Å². The summed E-state index contributed by atoms with van der Waals surface area (Å²) < 4.78 is 46.7. The van der Waals surface area contributed by atoms with Crippen LogP contribution in [0.25, 0.3) is 180 Å². The highest BCUT2D eigenvalue weighted by Gasteiger charge is 2.57. The molecule has 28 aromatic rings. The minimum absolute atomic E-state index is 0.234. The molecule has 1 aliphatic carbocycles. The molecule has 0 saturated carbocycles. The summed E-state index contributed by atoms with van der Waals surface area (Å²) >= 11 is 1.87. The first-order valence-corrected chi connectivity index (χ1v) is 53.3. The summed E-state index contributed by atoms with van der Waals surface area (Å²) in [5.41, 5.74) is 36.8. The van der Waals surface area contributed by atoms with Crippen molar-refractivity contribution in [2.45, 2.75) is 35.5 Å². The zero-order valence-electron chi connectivity index (χ0n) is 80.0. The Morgan fingerprint density at radius 1 is 0.238 bits per heavy atom. The van der Waals surface area contributed by atoms with E-state index in [0.29, 0.717) is 0 Å². The third kappa shape index (κ3) is 10.8. The number of thiophene rings is 1. The van der Waals surface area contributed by atoms with Gasteiger partial charge in [0.25, 0.3) is 0 Å². The maximum absolute atomic E-state index is 16.6. The van der Waals surface area contributed by atoms with Crippen LogP contribution in [0.5, 0.6) is 11.5 Å². The topological polar surface area (TPSA) is 67.4 Å². The molecule has 6 aromatic heterocycles. The first-order chi connectivity index (χ1) is 72.6. The van der Waals surface area contributed by atoms with E-state index in [-0.39, 0.29) is 5.41 Å². The second-order valence-electron chi connectivity index (χ2n) is 40.7. The molecule has 7 nitrogen and oxygen atoms in total. The average Bonchev–Trinajstić information content (AvgIpc) is 1.65. The Kier molecular flexibility index (Phi) is 17.1. The Morgan fingerprint density at radius 2 is 0.599 bits per heavy atom. The standard InChI is InChI=1S/C49H30NO2P.C46H31NO.C43H25NOS/c51-53(32-14-2-1-3-15-32)45-27-11-7-22-39(45)49(38-21-6-9-25-43(38)50-42-24-8-4-16-34(42)36-19-13-23-41(49)47(36)50)40-29-28-31(30-46(40)53)33-18-12-20-37-35-17-5-10-26-44(35)52-48(33)37;1-45(2)34-18-5-6-19-35(34)46(36-26-25-28(27-39(36)45)29-15-11-17-33-31-14-4-10-24-42(31)48-44(29)33)37-20-7-9-23-41(37)47-40-22-8-3-13-30(40)32-16-12-21-38(46)43(32)47;1-5-19-36-28(11-1)30-14-10-18-35-41(30)44(36)37-20-6-3-16-32(37)43(35)33-17-4-7-21-38(33)45-39-25-26(23-24-34(39)43)27-13-9-15-31-29-12-2-8-22-40(29)46-42(27)31/h1-30H;3-27H,1-2H3;1-25H. The normalized spacial score (nSPS) is 17.3. The molecule has 147 heavy (non-hydrogen) atoms. The van der Waals surface area contributed by atoms with Crippen LogP contribution in [0.15, 0.2) is 494 Å². The third-order valence-electron chi connectivity index (χ3n) is 33.6. The second kappa shape index (κ2) is 30.3. The maximum Gasteiger partial charge on any atom is 0.171 e. The molecular formula is C138H86N3O4PS. The highest BCUT2D eigenvalue weighted by molar-refractivity contribution is 7.85. The lowest BCUT2D eigenvalue weighted by atomic mass is 9.53. The zero-order chi connectivity index (χ0) is 96.7. The van der Waals surface area contributed by atoms with Gasteiger partial charge in [0.1, 0.15) is 33.8 Å². The van der Waals surface area contributed by atoms with Crippen molar-refractivity contribution in [1.29, 1.82) is 0 Å². The van der Waals surface area contributed by atoms with Crippen LogP contribution >= 0.6 is 18.5 Å². The number of fused-ring (bicyclic) bond motifs is 42. The fourth-order valence-corrected chi connectivity index (χ4v) is 32.1. The van der Waals surface area contributed by atoms with E-state index in [1.54, 1.807) is 0 Å². The van der Waals surface area contributed by atoms with Crippen molar-refractivity contribution < 1.29 is 18.1 Å². The molecule has 0 saturated heterocycles. The van der Waals surface area contributed by atoms with Crippen LogP contribution in [0.4, 0.5) is 0 Å². The Balaban J connectivity index is 0.0000000982. The number of furan rings is 2. The molecule has 4 atom stereocenters. The van der Waals surface area contributed by atoms with E-state index in [0.717, 1.165) is 105 Å². The second-order valence-corrected chi connectivity index (χ2v) is 44.5. The molecule has 9 heteroatoms. The molecular weight excluding hydrogens is 1830 g/mol. The van der Waals surface area contributed by atoms with Gasteiger partial charge >= 0.3 is 0 Å². The molecule has 0 amide bonds. The molecule has 4 unspecified atom stereocenters.